The van der Waals surface area contributed by atoms with Crippen molar-refractivity contribution in [3.8, 4) is 0 Å². The first-order valence-electron chi connectivity index (χ1n) is 5.96. The third-order valence-electron chi connectivity index (χ3n) is 3.41. The van der Waals surface area contributed by atoms with Crippen molar-refractivity contribution in [2.75, 3.05) is 6.54 Å². The molecule has 0 saturated heterocycles. The van der Waals surface area contributed by atoms with Gasteiger partial charge >= 0.3 is 0 Å². The van der Waals surface area contributed by atoms with Crippen molar-refractivity contribution in [2.24, 2.45) is 11.3 Å². The molecular weight excluding hydrogens is 170 g/mol. The summed E-state index contributed by atoms with van der Waals surface area (Å²) in [7, 11) is 0. The van der Waals surface area contributed by atoms with E-state index in [9.17, 15) is 0 Å². The lowest BCUT2D eigenvalue weighted by atomic mass is 9.99. The minimum atomic E-state index is 0.590. The minimum absolute atomic E-state index is 0.590. The summed E-state index contributed by atoms with van der Waals surface area (Å²) < 4.78 is 0. The van der Waals surface area contributed by atoms with Gasteiger partial charge in [-0.2, -0.15) is 0 Å². The fraction of sp³-hybridized carbons (Fsp3) is 0.846. The van der Waals surface area contributed by atoms with Crippen LogP contribution in [-0.2, 0) is 0 Å². The highest BCUT2D eigenvalue weighted by molar-refractivity contribution is 5.02. The van der Waals surface area contributed by atoms with Crippen molar-refractivity contribution < 1.29 is 0 Å². The molecule has 0 spiro atoms. The largest absolute Gasteiger partial charge is 0.314 e. The molecule has 1 nitrogen and oxygen atoms in total. The van der Waals surface area contributed by atoms with E-state index in [1.54, 1.807) is 0 Å². The average molecular weight is 195 g/mol. The second-order valence-electron chi connectivity index (χ2n) is 5.23. The Labute approximate surface area is 89.0 Å². The molecule has 2 atom stereocenters. The molecule has 1 aliphatic carbocycles. The summed E-state index contributed by atoms with van der Waals surface area (Å²) in [5.74, 6) is 0.897. The summed E-state index contributed by atoms with van der Waals surface area (Å²) in [5, 5.41) is 3.67. The zero-order chi connectivity index (χ0) is 10.6. The Morgan fingerprint density at radius 3 is 2.64 bits per heavy atom. The van der Waals surface area contributed by atoms with Crippen molar-refractivity contribution in [2.45, 2.75) is 52.5 Å². The number of hydrogen-bond donors (Lipinski definition) is 1. The van der Waals surface area contributed by atoms with E-state index < -0.39 is 0 Å². The lowest BCUT2D eigenvalue weighted by molar-refractivity contribution is 0.387. The SMILES string of the molecule is C=CCCC(NCCC)C1CC1(C)C. The van der Waals surface area contributed by atoms with Gasteiger partial charge in [-0.1, -0.05) is 26.8 Å². The molecule has 1 N–H and O–H groups in total. The fourth-order valence-corrected chi connectivity index (χ4v) is 2.27. The molecule has 1 heteroatoms. The molecular formula is C13H25N. The van der Waals surface area contributed by atoms with E-state index in [4.69, 9.17) is 0 Å². The normalized spacial score (nSPS) is 25.8. The van der Waals surface area contributed by atoms with Crippen molar-refractivity contribution in [1.82, 2.24) is 5.32 Å². The van der Waals surface area contributed by atoms with Gasteiger partial charge in [0.25, 0.3) is 0 Å². The smallest absolute Gasteiger partial charge is 0.0104 e. The Bertz CT molecular complexity index is 184. The Kier molecular flexibility index (Phi) is 4.18. The number of rotatable bonds is 7. The van der Waals surface area contributed by atoms with Gasteiger partial charge in [-0.25, -0.2) is 0 Å². The van der Waals surface area contributed by atoms with Gasteiger partial charge in [0.1, 0.15) is 0 Å². The van der Waals surface area contributed by atoms with Gasteiger partial charge < -0.3 is 5.32 Å². The van der Waals surface area contributed by atoms with Gasteiger partial charge in [0.15, 0.2) is 0 Å². The summed E-state index contributed by atoms with van der Waals surface area (Å²) in [6.45, 7) is 12.0. The molecule has 2 unspecified atom stereocenters. The Morgan fingerprint density at radius 2 is 2.21 bits per heavy atom. The molecule has 0 aromatic carbocycles. The highest BCUT2D eigenvalue weighted by atomic mass is 14.9. The van der Waals surface area contributed by atoms with Crippen molar-refractivity contribution in [1.29, 1.82) is 0 Å². The molecule has 1 fully saturated rings. The average Bonchev–Trinajstić information content (AvgIpc) is 2.75. The van der Waals surface area contributed by atoms with Crippen LogP contribution in [0, 0.1) is 11.3 Å². The third-order valence-corrected chi connectivity index (χ3v) is 3.41. The molecule has 0 aromatic heterocycles. The first kappa shape index (κ1) is 11.8. The topological polar surface area (TPSA) is 12.0 Å². The van der Waals surface area contributed by atoms with Crippen molar-refractivity contribution in [3.05, 3.63) is 12.7 Å². The zero-order valence-electron chi connectivity index (χ0n) is 9.97. The highest BCUT2D eigenvalue weighted by Crippen LogP contribution is 2.54. The lowest BCUT2D eigenvalue weighted by Gasteiger charge is -2.19. The lowest BCUT2D eigenvalue weighted by Crippen LogP contribution is -2.33. The summed E-state index contributed by atoms with van der Waals surface area (Å²) >= 11 is 0. The predicted octanol–water partition coefficient (Wildman–Crippen LogP) is 3.37. The van der Waals surface area contributed by atoms with E-state index in [1.165, 1.54) is 19.3 Å². The van der Waals surface area contributed by atoms with Gasteiger partial charge in [-0.05, 0) is 43.6 Å². The maximum atomic E-state index is 3.80. The minimum Gasteiger partial charge on any atom is -0.314 e. The summed E-state index contributed by atoms with van der Waals surface area (Å²) in [5.41, 5.74) is 0.590. The van der Waals surface area contributed by atoms with Crippen LogP contribution in [-0.4, -0.2) is 12.6 Å². The van der Waals surface area contributed by atoms with E-state index in [-0.39, 0.29) is 0 Å². The summed E-state index contributed by atoms with van der Waals surface area (Å²) in [6.07, 6.45) is 7.07. The Hall–Kier alpha value is -0.300. The van der Waals surface area contributed by atoms with Gasteiger partial charge in [-0.3, -0.25) is 0 Å². The van der Waals surface area contributed by atoms with E-state index in [0.717, 1.165) is 24.9 Å². The molecule has 0 amide bonds. The molecule has 0 aromatic rings. The maximum absolute atomic E-state index is 3.80. The summed E-state index contributed by atoms with van der Waals surface area (Å²) in [6, 6.07) is 0.725. The van der Waals surface area contributed by atoms with E-state index in [2.05, 4.69) is 32.7 Å². The molecule has 14 heavy (non-hydrogen) atoms. The second-order valence-corrected chi connectivity index (χ2v) is 5.23. The van der Waals surface area contributed by atoms with Gasteiger partial charge in [0.05, 0.1) is 0 Å². The van der Waals surface area contributed by atoms with Crippen LogP contribution in [0.3, 0.4) is 0 Å². The first-order chi connectivity index (χ1) is 6.61. The standard InChI is InChI=1S/C13H25N/c1-5-7-8-12(14-9-6-2)11-10-13(11,3)4/h5,11-12,14H,1,6-10H2,2-4H3. The van der Waals surface area contributed by atoms with E-state index in [0.29, 0.717) is 5.41 Å². The zero-order valence-corrected chi connectivity index (χ0v) is 9.97. The number of nitrogens with one attached hydrogen (secondary N) is 1. The number of hydrogen-bond acceptors (Lipinski definition) is 1. The molecule has 0 bridgehead atoms. The molecule has 0 aliphatic heterocycles. The highest BCUT2D eigenvalue weighted by Gasteiger charge is 2.49. The van der Waals surface area contributed by atoms with Crippen LogP contribution in [0.1, 0.15) is 46.5 Å². The maximum Gasteiger partial charge on any atom is 0.0104 e. The molecule has 82 valence electrons. The van der Waals surface area contributed by atoms with Crippen LogP contribution in [0.5, 0.6) is 0 Å². The van der Waals surface area contributed by atoms with E-state index >= 15 is 0 Å². The summed E-state index contributed by atoms with van der Waals surface area (Å²) in [4.78, 5) is 0. The molecule has 0 radical (unpaired) electrons. The van der Waals surface area contributed by atoms with Gasteiger partial charge in [-0.15, -0.1) is 6.58 Å². The Balaban J connectivity index is 2.33. The van der Waals surface area contributed by atoms with Crippen LogP contribution in [0.2, 0.25) is 0 Å². The first-order valence-corrected chi connectivity index (χ1v) is 5.96. The van der Waals surface area contributed by atoms with Crippen LogP contribution >= 0.6 is 0 Å². The number of allylic oxidation sites excluding steroid dienone is 1. The predicted molar refractivity (Wildman–Crippen MR) is 63.4 cm³/mol. The van der Waals surface area contributed by atoms with Crippen LogP contribution in [0.4, 0.5) is 0 Å². The van der Waals surface area contributed by atoms with E-state index in [1.807, 2.05) is 6.08 Å². The third kappa shape index (κ3) is 3.13. The molecule has 0 heterocycles. The molecule has 1 rings (SSSR count). The van der Waals surface area contributed by atoms with Crippen molar-refractivity contribution >= 4 is 0 Å². The van der Waals surface area contributed by atoms with Gasteiger partial charge in [0.2, 0.25) is 0 Å². The fourth-order valence-electron chi connectivity index (χ4n) is 2.27. The van der Waals surface area contributed by atoms with Crippen LogP contribution in [0.15, 0.2) is 12.7 Å². The van der Waals surface area contributed by atoms with Crippen molar-refractivity contribution in [3.63, 3.8) is 0 Å². The molecule has 1 saturated carbocycles. The second kappa shape index (κ2) is 4.97. The van der Waals surface area contributed by atoms with Crippen LogP contribution in [0.25, 0.3) is 0 Å². The molecule has 1 aliphatic rings. The monoisotopic (exact) mass is 195 g/mol. The van der Waals surface area contributed by atoms with Gasteiger partial charge in [0, 0.05) is 6.04 Å². The quantitative estimate of drug-likeness (QED) is 0.614. The van der Waals surface area contributed by atoms with Crippen LogP contribution < -0.4 is 5.32 Å². The Morgan fingerprint density at radius 1 is 1.57 bits per heavy atom.